The van der Waals surface area contributed by atoms with Gasteiger partial charge in [-0.25, -0.2) is 4.98 Å². The van der Waals surface area contributed by atoms with Crippen LogP contribution in [0.25, 0.3) is 0 Å². The monoisotopic (exact) mass is 279 g/mol. The maximum atomic E-state index is 4.13. The van der Waals surface area contributed by atoms with Crippen molar-refractivity contribution in [1.82, 2.24) is 14.9 Å². The molecule has 1 heterocycles. The minimum Gasteiger partial charge on any atom is -0.336 e. The first-order valence-electron chi connectivity index (χ1n) is 8.23. The van der Waals surface area contributed by atoms with E-state index in [1.165, 1.54) is 38.5 Å². The van der Waals surface area contributed by atoms with Gasteiger partial charge in [0, 0.05) is 25.0 Å². The number of nitrogens with zero attached hydrogens (tertiary/aromatic N) is 2. The number of nitrogens with one attached hydrogen (secondary N) is 1. The molecule has 0 aromatic carbocycles. The van der Waals surface area contributed by atoms with Gasteiger partial charge in [0.2, 0.25) is 0 Å². The van der Waals surface area contributed by atoms with Crippen LogP contribution in [0.1, 0.15) is 66.2 Å². The lowest BCUT2D eigenvalue weighted by Gasteiger charge is -2.32. The molecule has 1 unspecified atom stereocenters. The Labute approximate surface area is 125 Å². The number of hydrogen-bond donors (Lipinski definition) is 1. The van der Waals surface area contributed by atoms with Crippen LogP contribution in [0, 0.1) is 5.41 Å². The third kappa shape index (κ3) is 7.09. The lowest BCUT2D eigenvalue weighted by molar-refractivity contribution is 0.241. The first kappa shape index (κ1) is 17.2. The van der Waals surface area contributed by atoms with Crippen molar-refractivity contribution >= 4 is 0 Å². The van der Waals surface area contributed by atoms with E-state index in [0.717, 1.165) is 13.1 Å². The van der Waals surface area contributed by atoms with E-state index in [4.69, 9.17) is 0 Å². The predicted octanol–water partition coefficient (Wildman–Crippen LogP) is 4.25. The molecule has 0 aliphatic rings. The van der Waals surface area contributed by atoms with Gasteiger partial charge in [-0.1, -0.05) is 59.8 Å². The van der Waals surface area contributed by atoms with Crippen LogP contribution in [-0.4, -0.2) is 22.1 Å². The molecule has 0 radical (unpaired) electrons. The highest BCUT2D eigenvalue weighted by molar-refractivity contribution is 4.84. The minimum atomic E-state index is 0.270. The SMILES string of the molecule is CCCCCCCCNC(Cn1ccnc1)C(C)(C)C. The lowest BCUT2D eigenvalue weighted by atomic mass is 9.86. The molecular weight excluding hydrogens is 246 g/mol. The number of imidazole rings is 1. The summed E-state index contributed by atoms with van der Waals surface area (Å²) in [6.07, 6.45) is 14.0. The predicted molar refractivity (Wildman–Crippen MR) is 86.8 cm³/mol. The van der Waals surface area contributed by atoms with Crippen LogP contribution in [-0.2, 0) is 6.54 Å². The lowest BCUT2D eigenvalue weighted by Crippen LogP contribution is -2.43. The highest BCUT2D eigenvalue weighted by Gasteiger charge is 2.24. The maximum Gasteiger partial charge on any atom is 0.0946 e. The first-order chi connectivity index (χ1) is 9.54. The molecule has 0 saturated heterocycles. The van der Waals surface area contributed by atoms with Crippen molar-refractivity contribution in [2.24, 2.45) is 5.41 Å². The second-order valence-corrected chi connectivity index (χ2v) is 6.90. The van der Waals surface area contributed by atoms with Gasteiger partial charge in [-0.15, -0.1) is 0 Å². The van der Waals surface area contributed by atoms with Gasteiger partial charge < -0.3 is 9.88 Å². The van der Waals surface area contributed by atoms with Crippen LogP contribution >= 0.6 is 0 Å². The third-order valence-corrected chi connectivity index (χ3v) is 3.92. The maximum absolute atomic E-state index is 4.13. The van der Waals surface area contributed by atoms with E-state index in [1.54, 1.807) is 0 Å². The van der Waals surface area contributed by atoms with E-state index in [-0.39, 0.29) is 5.41 Å². The number of rotatable bonds is 10. The van der Waals surface area contributed by atoms with E-state index in [0.29, 0.717) is 6.04 Å². The average molecular weight is 279 g/mol. The molecular formula is C17H33N3. The van der Waals surface area contributed by atoms with Crippen molar-refractivity contribution in [3.63, 3.8) is 0 Å². The molecule has 1 atom stereocenters. The summed E-state index contributed by atoms with van der Waals surface area (Å²) in [6, 6.07) is 0.493. The van der Waals surface area contributed by atoms with Gasteiger partial charge in [0.25, 0.3) is 0 Å². The molecule has 1 aromatic rings. The summed E-state index contributed by atoms with van der Waals surface area (Å²) in [4.78, 5) is 4.13. The molecule has 116 valence electrons. The Morgan fingerprint density at radius 2 is 1.80 bits per heavy atom. The molecule has 3 nitrogen and oxygen atoms in total. The zero-order chi connectivity index (χ0) is 14.8. The molecule has 0 aliphatic carbocycles. The highest BCUT2D eigenvalue weighted by Crippen LogP contribution is 2.20. The highest BCUT2D eigenvalue weighted by atomic mass is 15.1. The Kier molecular flexibility index (Phi) is 7.90. The quantitative estimate of drug-likeness (QED) is 0.649. The topological polar surface area (TPSA) is 29.9 Å². The summed E-state index contributed by atoms with van der Waals surface area (Å²) in [5.41, 5.74) is 0.270. The van der Waals surface area contributed by atoms with Crippen molar-refractivity contribution in [1.29, 1.82) is 0 Å². The van der Waals surface area contributed by atoms with Crippen molar-refractivity contribution < 1.29 is 0 Å². The van der Waals surface area contributed by atoms with Crippen molar-refractivity contribution in [3.05, 3.63) is 18.7 Å². The summed E-state index contributed by atoms with van der Waals surface area (Å²) in [7, 11) is 0. The second-order valence-electron chi connectivity index (χ2n) is 6.90. The first-order valence-corrected chi connectivity index (χ1v) is 8.23. The number of aromatic nitrogens is 2. The second kappa shape index (κ2) is 9.17. The van der Waals surface area contributed by atoms with Crippen molar-refractivity contribution in [2.75, 3.05) is 6.54 Å². The van der Waals surface area contributed by atoms with Crippen LogP contribution in [0.2, 0.25) is 0 Å². The van der Waals surface area contributed by atoms with Gasteiger partial charge in [0.15, 0.2) is 0 Å². The van der Waals surface area contributed by atoms with Crippen molar-refractivity contribution in [3.8, 4) is 0 Å². The molecule has 1 N–H and O–H groups in total. The van der Waals surface area contributed by atoms with E-state index in [1.807, 2.05) is 18.7 Å². The fraction of sp³-hybridized carbons (Fsp3) is 0.824. The fourth-order valence-corrected chi connectivity index (χ4v) is 2.43. The van der Waals surface area contributed by atoms with E-state index < -0.39 is 0 Å². The summed E-state index contributed by atoms with van der Waals surface area (Å²) < 4.78 is 2.17. The van der Waals surface area contributed by atoms with E-state index >= 15 is 0 Å². The minimum absolute atomic E-state index is 0.270. The Bertz CT molecular complexity index is 325. The van der Waals surface area contributed by atoms with Gasteiger partial charge in [0.05, 0.1) is 6.33 Å². The molecule has 0 aliphatic heterocycles. The van der Waals surface area contributed by atoms with Gasteiger partial charge in [-0.05, 0) is 18.4 Å². The number of hydrogen-bond acceptors (Lipinski definition) is 2. The van der Waals surface area contributed by atoms with Gasteiger partial charge in [-0.2, -0.15) is 0 Å². The van der Waals surface area contributed by atoms with Crippen LogP contribution in [0.5, 0.6) is 0 Å². The van der Waals surface area contributed by atoms with Gasteiger partial charge in [0.1, 0.15) is 0 Å². The summed E-state index contributed by atoms with van der Waals surface area (Å²) in [6.45, 7) is 11.3. The molecule has 3 heteroatoms. The smallest absolute Gasteiger partial charge is 0.0946 e. The molecule has 20 heavy (non-hydrogen) atoms. The largest absolute Gasteiger partial charge is 0.336 e. The summed E-state index contributed by atoms with van der Waals surface area (Å²) in [5.74, 6) is 0. The Morgan fingerprint density at radius 1 is 1.10 bits per heavy atom. The summed E-state index contributed by atoms with van der Waals surface area (Å²) >= 11 is 0. The Hall–Kier alpha value is -0.830. The zero-order valence-electron chi connectivity index (χ0n) is 13.9. The Balaban J connectivity index is 2.24. The Morgan fingerprint density at radius 3 is 2.40 bits per heavy atom. The van der Waals surface area contributed by atoms with E-state index in [9.17, 15) is 0 Å². The van der Waals surface area contributed by atoms with Crippen LogP contribution in [0.15, 0.2) is 18.7 Å². The molecule has 0 amide bonds. The normalized spacial score (nSPS) is 13.6. The number of unbranched alkanes of at least 4 members (excludes halogenated alkanes) is 5. The molecule has 0 bridgehead atoms. The van der Waals surface area contributed by atoms with Crippen LogP contribution in [0.4, 0.5) is 0 Å². The molecule has 0 fully saturated rings. The molecule has 0 spiro atoms. The third-order valence-electron chi connectivity index (χ3n) is 3.92. The van der Waals surface area contributed by atoms with E-state index in [2.05, 4.69) is 42.6 Å². The zero-order valence-corrected chi connectivity index (χ0v) is 13.9. The van der Waals surface area contributed by atoms with Gasteiger partial charge in [-0.3, -0.25) is 0 Å². The van der Waals surface area contributed by atoms with Crippen LogP contribution in [0.3, 0.4) is 0 Å². The van der Waals surface area contributed by atoms with Crippen molar-refractivity contribution in [2.45, 2.75) is 78.8 Å². The van der Waals surface area contributed by atoms with Crippen LogP contribution < -0.4 is 5.32 Å². The molecule has 1 rings (SSSR count). The molecule has 1 aromatic heterocycles. The molecule has 0 saturated carbocycles. The summed E-state index contributed by atoms with van der Waals surface area (Å²) in [5, 5.41) is 3.74. The standard InChI is InChI=1S/C17H33N3/c1-5-6-7-8-9-10-11-19-16(17(2,3)4)14-20-13-12-18-15-20/h12-13,15-16,19H,5-11,14H2,1-4H3. The average Bonchev–Trinajstić information content (AvgIpc) is 2.88. The fourth-order valence-electron chi connectivity index (χ4n) is 2.43. The van der Waals surface area contributed by atoms with Gasteiger partial charge >= 0.3 is 0 Å².